The van der Waals surface area contributed by atoms with E-state index in [1.807, 2.05) is 6.07 Å². The number of nitrogens with one attached hydrogen (secondary N) is 1. The average Bonchev–Trinajstić information content (AvgIpc) is 3.59. The number of aliphatic hydroxyl groups is 2. The topological polar surface area (TPSA) is 144 Å². The highest BCUT2D eigenvalue weighted by Gasteiger charge is 2.51. The Bertz CT molecular complexity index is 1320. The van der Waals surface area contributed by atoms with E-state index in [4.69, 9.17) is 18.9 Å². The van der Waals surface area contributed by atoms with Crippen LogP contribution >= 0.6 is 0 Å². The summed E-state index contributed by atoms with van der Waals surface area (Å²) in [6, 6.07) is 7.57. The minimum absolute atomic E-state index is 0.0149. The number of carbonyl (C=O) groups is 3. The van der Waals surface area contributed by atoms with Gasteiger partial charge in [0, 0.05) is 36.2 Å². The first-order valence-corrected chi connectivity index (χ1v) is 12.7. The number of aldehydes is 1. The summed E-state index contributed by atoms with van der Waals surface area (Å²) in [5.74, 6) is 0.340. The van der Waals surface area contributed by atoms with Crippen molar-refractivity contribution in [2.75, 3.05) is 27.1 Å². The van der Waals surface area contributed by atoms with Gasteiger partial charge < -0.3 is 39.4 Å². The molecule has 11 heteroatoms. The Morgan fingerprint density at radius 1 is 1.21 bits per heavy atom. The second-order valence-corrected chi connectivity index (χ2v) is 9.47. The van der Waals surface area contributed by atoms with Crippen molar-refractivity contribution in [3.8, 4) is 23.0 Å². The van der Waals surface area contributed by atoms with Crippen LogP contribution < -0.4 is 24.3 Å². The van der Waals surface area contributed by atoms with E-state index in [0.717, 1.165) is 5.56 Å². The fourth-order valence-electron chi connectivity index (χ4n) is 5.36. The number of aliphatic hydroxyl groups excluding tert-OH is 2. The molecule has 0 saturated heterocycles. The number of nitrogens with zero attached hydrogens (tertiary/aromatic N) is 1. The molecule has 2 aromatic carbocycles. The van der Waals surface area contributed by atoms with Gasteiger partial charge >= 0.3 is 0 Å². The van der Waals surface area contributed by atoms with Gasteiger partial charge in [-0.1, -0.05) is 13.0 Å². The van der Waals surface area contributed by atoms with Gasteiger partial charge in [-0.15, -0.1) is 0 Å². The lowest BCUT2D eigenvalue weighted by Crippen LogP contribution is -2.55. The maximum atomic E-state index is 13.4. The molecule has 0 bridgehead atoms. The van der Waals surface area contributed by atoms with Gasteiger partial charge in [0.05, 0.1) is 25.7 Å². The van der Waals surface area contributed by atoms with Crippen molar-refractivity contribution in [2.24, 2.45) is 0 Å². The van der Waals surface area contributed by atoms with Crippen molar-refractivity contribution in [1.29, 1.82) is 0 Å². The zero-order valence-electron chi connectivity index (χ0n) is 21.6. The zero-order valence-corrected chi connectivity index (χ0v) is 21.6. The molecule has 3 N–H and O–H groups in total. The Morgan fingerprint density at radius 3 is 2.72 bits per heavy atom. The first-order chi connectivity index (χ1) is 18.9. The number of methoxy groups -OCH3 is 1. The van der Waals surface area contributed by atoms with Crippen molar-refractivity contribution in [3.63, 3.8) is 0 Å². The van der Waals surface area contributed by atoms with Crippen molar-refractivity contribution < 1.29 is 43.5 Å². The van der Waals surface area contributed by atoms with Gasteiger partial charge in [-0.3, -0.25) is 14.4 Å². The number of rotatable bonds is 9. The maximum absolute atomic E-state index is 13.4. The number of benzene rings is 2. The van der Waals surface area contributed by atoms with Crippen LogP contribution in [0.1, 0.15) is 40.7 Å². The largest absolute Gasteiger partial charge is 0.493 e. The second-order valence-electron chi connectivity index (χ2n) is 9.47. The lowest BCUT2D eigenvalue weighted by atomic mass is 9.77. The highest BCUT2D eigenvalue weighted by Crippen LogP contribution is 2.51. The molecule has 0 saturated carbocycles. The van der Waals surface area contributed by atoms with E-state index >= 15 is 0 Å². The Labute approximate surface area is 224 Å². The molecule has 0 fully saturated rings. The summed E-state index contributed by atoms with van der Waals surface area (Å²) in [5, 5.41) is 23.6. The summed E-state index contributed by atoms with van der Waals surface area (Å²) in [6.45, 7) is 1.72. The molecule has 0 aromatic heterocycles. The first kappa shape index (κ1) is 26.5. The van der Waals surface area contributed by atoms with Gasteiger partial charge in [0.25, 0.3) is 0 Å². The van der Waals surface area contributed by atoms with Crippen LogP contribution in [0.3, 0.4) is 0 Å². The molecule has 2 aliphatic heterocycles. The highest BCUT2D eigenvalue weighted by atomic mass is 16.7. The summed E-state index contributed by atoms with van der Waals surface area (Å²) in [5.41, 5.74) is 1.86. The molecule has 2 heterocycles. The lowest BCUT2D eigenvalue weighted by molar-refractivity contribution is -0.137. The van der Waals surface area contributed by atoms with Crippen molar-refractivity contribution in [3.05, 3.63) is 58.7 Å². The molecule has 3 aliphatic rings. The van der Waals surface area contributed by atoms with Crippen LogP contribution in [0.5, 0.6) is 23.0 Å². The SMILES string of the molecule is CCC(=O)N(Cc1ccc2c(c1)OCO2)C1C=C(C(=O)NCCO)C2c3cc(C=O)cc(OC)c3OC2C1O. The molecule has 206 valence electrons. The van der Waals surface area contributed by atoms with Crippen LogP contribution in [-0.2, 0) is 16.1 Å². The Morgan fingerprint density at radius 2 is 2.00 bits per heavy atom. The predicted octanol–water partition coefficient (Wildman–Crippen LogP) is 1.30. The van der Waals surface area contributed by atoms with Crippen molar-refractivity contribution in [1.82, 2.24) is 10.2 Å². The van der Waals surface area contributed by atoms with Gasteiger partial charge in [0.15, 0.2) is 23.0 Å². The zero-order chi connectivity index (χ0) is 27.7. The van der Waals surface area contributed by atoms with Gasteiger partial charge in [-0.2, -0.15) is 0 Å². The van der Waals surface area contributed by atoms with E-state index in [-0.39, 0.29) is 44.4 Å². The molecular formula is C28H30N2O9. The Hall–Kier alpha value is -4.09. The van der Waals surface area contributed by atoms with E-state index in [9.17, 15) is 24.6 Å². The van der Waals surface area contributed by atoms with Crippen LogP contribution in [0.4, 0.5) is 0 Å². The summed E-state index contributed by atoms with van der Waals surface area (Å²) in [4.78, 5) is 39.7. The molecular weight excluding hydrogens is 508 g/mol. The van der Waals surface area contributed by atoms with Crippen LogP contribution in [0.15, 0.2) is 42.0 Å². The number of carbonyl (C=O) groups excluding carboxylic acids is 3. The van der Waals surface area contributed by atoms with Crippen LogP contribution in [-0.4, -0.2) is 78.5 Å². The molecule has 5 rings (SSSR count). The van der Waals surface area contributed by atoms with E-state index in [2.05, 4.69) is 5.32 Å². The fourth-order valence-corrected chi connectivity index (χ4v) is 5.36. The monoisotopic (exact) mass is 538 g/mol. The lowest BCUT2D eigenvalue weighted by Gasteiger charge is -2.40. The Balaban J connectivity index is 1.57. The van der Waals surface area contributed by atoms with E-state index < -0.39 is 30.1 Å². The minimum atomic E-state index is -1.22. The second kappa shape index (κ2) is 11.0. The summed E-state index contributed by atoms with van der Waals surface area (Å²) < 4.78 is 22.5. The van der Waals surface area contributed by atoms with Crippen molar-refractivity contribution in [2.45, 2.75) is 44.1 Å². The minimum Gasteiger partial charge on any atom is -0.493 e. The Kier molecular flexibility index (Phi) is 7.45. The van der Waals surface area contributed by atoms with Gasteiger partial charge in [0.2, 0.25) is 18.6 Å². The fraction of sp³-hybridized carbons (Fsp3) is 0.393. The molecule has 2 aromatic rings. The van der Waals surface area contributed by atoms with Crippen LogP contribution in [0.25, 0.3) is 0 Å². The number of hydrogen-bond acceptors (Lipinski definition) is 9. The molecule has 0 radical (unpaired) electrons. The quantitative estimate of drug-likeness (QED) is 0.403. The number of hydrogen-bond donors (Lipinski definition) is 3. The van der Waals surface area contributed by atoms with E-state index in [0.29, 0.717) is 40.4 Å². The molecule has 39 heavy (non-hydrogen) atoms. The van der Waals surface area contributed by atoms with Gasteiger partial charge in [-0.25, -0.2) is 0 Å². The first-order valence-electron chi connectivity index (χ1n) is 12.7. The molecule has 11 nitrogen and oxygen atoms in total. The number of amides is 2. The smallest absolute Gasteiger partial charge is 0.247 e. The molecule has 0 spiro atoms. The molecule has 4 atom stereocenters. The summed E-state index contributed by atoms with van der Waals surface area (Å²) in [7, 11) is 1.44. The molecule has 4 unspecified atom stereocenters. The normalized spacial score (nSPS) is 22.2. The summed E-state index contributed by atoms with van der Waals surface area (Å²) >= 11 is 0. The van der Waals surface area contributed by atoms with Crippen LogP contribution in [0, 0.1) is 0 Å². The standard InChI is InChI=1S/C28H30N2O9/c1-3-23(33)30(12-15-4-5-20-21(9-15)38-14-37-20)19-11-18(28(35)29-6-7-31)24-17-8-16(13-32)10-22(36-2)26(17)39-27(24)25(19)34/h4-5,8-11,13,19,24-25,27,31,34H,3,6-7,12,14H2,1-2H3,(H,29,35). The molecule has 2 amide bonds. The van der Waals surface area contributed by atoms with E-state index in [1.54, 1.807) is 31.2 Å². The average molecular weight is 539 g/mol. The third-order valence-electron chi connectivity index (χ3n) is 7.18. The van der Waals surface area contributed by atoms with Gasteiger partial charge in [0.1, 0.15) is 18.5 Å². The third kappa shape index (κ3) is 4.79. The predicted molar refractivity (Wildman–Crippen MR) is 137 cm³/mol. The number of fused-ring (bicyclic) bond motifs is 4. The number of ether oxygens (including phenoxy) is 4. The van der Waals surface area contributed by atoms with Crippen LogP contribution in [0.2, 0.25) is 0 Å². The van der Waals surface area contributed by atoms with Gasteiger partial charge in [-0.05, 0) is 35.9 Å². The molecule has 1 aliphatic carbocycles. The third-order valence-corrected chi connectivity index (χ3v) is 7.18. The van der Waals surface area contributed by atoms with E-state index in [1.165, 1.54) is 18.1 Å². The maximum Gasteiger partial charge on any atom is 0.247 e. The van der Waals surface area contributed by atoms with Crippen molar-refractivity contribution >= 4 is 18.1 Å². The highest BCUT2D eigenvalue weighted by molar-refractivity contribution is 5.96. The summed E-state index contributed by atoms with van der Waals surface area (Å²) in [6.07, 6.45) is 0.257.